The molecule has 0 radical (unpaired) electrons. The molecule has 0 aliphatic carbocycles. The summed E-state index contributed by atoms with van der Waals surface area (Å²) in [5.74, 6) is 2.40. The average Bonchev–Trinajstić information content (AvgIpc) is 2.38. The molecule has 108 valence electrons. The molecular weight excluding hydrogens is 280 g/mol. The summed E-state index contributed by atoms with van der Waals surface area (Å²) >= 11 is 5.72. The summed E-state index contributed by atoms with van der Waals surface area (Å²) in [7, 11) is 0. The molecule has 4 N–H and O–H groups in total. The summed E-state index contributed by atoms with van der Waals surface area (Å²) in [6.07, 6.45) is -6.00. The maximum absolute atomic E-state index is 9.66. The Morgan fingerprint density at radius 1 is 1.11 bits per heavy atom. The van der Waals surface area contributed by atoms with E-state index < -0.39 is 37.3 Å². The Morgan fingerprint density at radius 3 is 2.44 bits per heavy atom. The third-order valence-corrected chi connectivity index (χ3v) is 4.07. The van der Waals surface area contributed by atoms with Crippen molar-refractivity contribution in [2.45, 2.75) is 30.7 Å². The van der Waals surface area contributed by atoms with Crippen molar-refractivity contribution in [2.24, 2.45) is 0 Å². The Kier molecular flexibility index (Phi) is 7.89. The largest absolute Gasteiger partial charge is 0.394 e. The number of aliphatic hydroxyl groups is 4. The Balaban J connectivity index is 2.35. The van der Waals surface area contributed by atoms with E-state index in [1.807, 2.05) is 0 Å². The highest BCUT2D eigenvalue weighted by atomic mass is 32.2. The second-order valence-electron chi connectivity index (χ2n) is 3.90. The summed E-state index contributed by atoms with van der Waals surface area (Å²) in [6, 6.07) is 0. The van der Waals surface area contributed by atoms with Crippen LogP contribution < -0.4 is 0 Å². The minimum atomic E-state index is -1.38. The van der Waals surface area contributed by atoms with Crippen LogP contribution in [0.15, 0.2) is 0 Å². The van der Waals surface area contributed by atoms with E-state index in [9.17, 15) is 15.3 Å². The molecule has 1 rings (SSSR count). The number of ether oxygens (including phenoxy) is 2. The lowest BCUT2D eigenvalue weighted by Crippen LogP contribution is -2.59. The van der Waals surface area contributed by atoms with Gasteiger partial charge in [-0.3, -0.25) is 0 Å². The zero-order valence-electron chi connectivity index (χ0n) is 9.88. The molecule has 1 fully saturated rings. The molecule has 0 bridgehead atoms. The summed E-state index contributed by atoms with van der Waals surface area (Å²) in [5.41, 5.74) is 0. The van der Waals surface area contributed by atoms with Crippen LogP contribution in [0.1, 0.15) is 0 Å². The van der Waals surface area contributed by atoms with Crippen molar-refractivity contribution in [1.82, 2.24) is 0 Å². The molecule has 0 spiro atoms. The molecule has 0 unspecified atom stereocenters. The Bertz CT molecular complexity index is 230. The lowest BCUT2D eigenvalue weighted by atomic mass is 9.99. The second kappa shape index (κ2) is 8.60. The molecule has 5 atom stereocenters. The lowest BCUT2D eigenvalue weighted by molar-refractivity contribution is -0.299. The first kappa shape index (κ1) is 16.5. The molecular formula is C10H20O6S2. The van der Waals surface area contributed by atoms with Crippen LogP contribution >= 0.6 is 24.4 Å². The number of hydrogen-bond acceptors (Lipinski definition) is 8. The SMILES string of the molecule is OC[C@H]1O[C@H](OCCSCCS)[C@H](O)[C@@H](O)[C@H]1O. The van der Waals surface area contributed by atoms with Gasteiger partial charge in [-0.25, -0.2) is 0 Å². The van der Waals surface area contributed by atoms with E-state index in [1.165, 1.54) is 0 Å². The van der Waals surface area contributed by atoms with E-state index in [0.717, 1.165) is 17.3 Å². The molecule has 0 saturated carbocycles. The maximum Gasteiger partial charge on any atom is 0.186 e. The molecule has 8 heteroatoms. The fourth-order valence-corrected chi connectivity index (χ4v) is 2.53. The first-order chi connectivity index (χ1) is 8.61. The Hall–Kier alpha value is 0.460. The highest BCUT2D eigenvalue weighted by Crippen LogP contribution is 2.22. The van der Waals surface area contributed by atoms with E-state index >= 15 is 0 Å². The van der Waals surface area contributed by atoms with Gasteiger partial charge >= 0.3 is 0 Å². The Labute approximate surface area is 116 Å². The van der Waals surface area contributed by atoms with Gasteiger partial charge in [-0.2, -0.15) is 24.4 Å². The van der Waals surface area contributed by atoms with Gasteiger partial charge in [0.1, 0.15) is 24.4 Å². The van der Waals surface area contributed by atoms with E-state index in [-0.39, 0.29) is 0 Å². The third kappa shape index (κ3) is 4.53. The van der Waals surface area contributed by atoms with Gasteiger partial charge in [0, 0.05) is 11.5 Å². The molecule has 1 heterocycles. The highest BCUT2D eigenvalue weighted by Gasteiger charge is 2.43. The third-order valence-electron chi connectivity index (χ3n) is 2.59. The topological polar surface area (TPSA) is 99.4 Å². The number of hydrogen-bond donors (Lipinski definition) is 5. The van der Waals surface area contributed by atoms with Crippen LogP contribution in [0.25, 0.3) is 0 Å². The monoisotopic (exact) mass is 300 g/mol. The van der Waals surface area contributed by atoms with Gasteiger partial charge in [0.15, 0.2) is 6.29 Å². The Morgan fingerprint density at radius 2 is 1.83 bits per heavy atom. The van der Waals surface area contributed by atoms with Gasteiger partial charge in [0.2, 0.25) is 0 Å². The van der Waals surface area contributed by atoms with E-state index in [2.05, 4.69) is 12.6 Å². The summed E-state index contributed by atoms with van der Waals surface area (Å²) in [5, 5.41) is 37.7. The molecule has 1 saturated heterocycles. The molecule has 0 aromatic heterocycles. The van der Waals surface area contributed by atoms with Gasteiger partial charge in [-0.05, 0) is 5.75 Å². The van der Waals surface area contributed by atoms with Crippen LogP contribution in [-0.2, 0) is 9.47 Å². The van der Waals surface area contributed by atoms with Crippen LogP contribution in [0.2, 0.25) is 0 Å². The van der Waals surface area contributed by atoms with Crippen LogP contribution in [-0.4, -0.2) is 81.6 Å². The van der Waals surface area contributed by atoms with Crippen LogP contribution in [0.4, 0.5) is 0 Å². The molecule has 6 nitrogen and oxygen atoms in total. The van der Waals surface area contributed by atoms with Gasteiger partial charge in [0.25, 0.3) is 0 Å². The van der Waals surface area contributed by atoms with Gasteiger partial charge in [0.05, 0.1) is 13.2 Å². The number of rotatable bonds is 7. The van der Waals surface area contributed by atoms with E-state index in [1.54, 1.807) is 11.8 Å². The molecule has 1 aliphatic heterocycles. The summed E-state index contributed by atoms with van der Waals surface area (Å²) in [6.45, 7) is -0.0969. The number of thiol groups is 1. The normalized spacial score (nSPS) is 36.8. The van der Waals surface area contributed by atoms with Crippen molar-refractivity contribution in [3.05, 3.63) is 0 Å². The zero-order chi connectivity index (χ0) is 13.5. The van der Waals surface area contributed by atoms with Crippen LogP contribution in [0, 0.1) is 0 Å². The van der Waals surface area contributed by atoms with Gasteiger partial charge < -0.3 is 29.9 Å². The smallest absolute Gasteiger partial charge is 0.186 e. The van der Waals surface area contributed by atoms with Crippen molar-refractivity contribution in [2.75, 3.05) is 30.5 Å². The first-order valence-electron chi connectivity index (χ1n) is 5.72. The summed E-state index contributed by atoms with van der Waals surface area (Å²) < 4.78 is 10.5. The molecule has 0 amide bonds. The highest BCUT2D eigenvalue weighted by molar-refractivity contribution is 8.00. The predicted octanol–water partition coefficient (Wildman–Crippen LogP) is -1.53. The average molecular weight is 300 g/mol. The van der Waals surface area contributed by atoms with Gasteiger partial charge in [-0.15, -0.1) is 0 Å². The zero-order valence-corrected chi connectivity index (χ0v) is 11.6. The first-order valence-corrected chi connectivity index (χ1v) is 7.51. The van der Waals surface area contributed by atoms with Crippen LogP contribution in [0.3, 0.4) is 0 Å². The van der Waals surface area contributed by atoms with Crippen LogP contribution in [0.5, 0.6) is 0 Å². The minimum absolute atomic E-state index is 0.348. The number of thioether (sulfide) groups is 1. The van der Waals surface area contributed by atoms with Crippen molar-refractivity contribution < 1.29 is 29.9 Å². The second-order valence-corrected chi connectivity index (χ2v) is 5.58. The molecule has 0 aromatic rings. The number of aliphatic hydroxyl groups excluding tert-OH is 4. The quantitative estimate of drug-likeness (QED) is 0.287. The predicted molar refractivity (Wildman–Crippen MR) is 70.9 cm³/mol. The maximum atomic E-state index is 9.66. The molecule has 18 heavy (non-hydrogen) atoms. The van der Waals surface area contributed by atoms with Crippen molar-refractivity contribution >= 4 is 24.4 Å². The fraction of sp³-hybridized carbons (Fsp3) is 1.00. The fourth-order valence-electron chi connectivity index (χ4n) is 1.59. The molecule has 1 aliphatic rings. The van der Waals surface area contributed by atoms with Gasteiger partial charge in [-0.1, -0.05) is 0 Å². The summed E-state index contributed by atoms with van der Waals surface area (Å²) in [4.78, 5) is 0. The van der Waals surface area contributed by atoms with Crippen molar-refractivity contribution in [1.29, 1.82) is 0 Å². The minimum Gasteiger partial charge on any atom is -0.394 e. The van der Waals surface area contributed by atoms with Crippen molar-refractivity contribution in [3.63, 3.8) is 0 Å². The van der Waals surface area contributed by atoms with E-state index in [4.69, 9.17) is 14.6 Å². The van der Waals surface area contributed by atoms with Crippen molar-refractivity contribution in [3.8, 4) is 0 Å². The van der Waals surface area contributed by atoms with E-state index in [0.29, 0.717) is 6.61 Å². The standard InChI is InChI=1S/C10H20O6S2/c11-5-6-7(12)8(13)9(14)10(16-6)15-1-3-18-4-2-17/h6-14,17H,1-5H2/t6-,7+,8+,9-,10+/m1/s1. The lowest BCUT2D eigenvalue weighted by Gasteiger charge is -2.39. The molecule has 0 aromatic carbocycles.